The number of hydrogen-bond acceptors (Lipinski definition) is 3. The molecule has 1 N–H and O–H groups in total. The van der Waals surface area contributed by atoms with Gasteiger partial charge in [0.1, 0.15) is 0 Å². The monoisotopic (exact) mass is 325 g/mol. The first-order valence-electron chi connectivity index (χ1n) is 7.70. The van der Waals surface area contributed by atoms with Gasteiger partial charge in [0, 0.05) is 23.0 Å². The number of carboxylic acids is 1. The quantitative estimate of drug-likeness (QED) is 0.758. The van der Waals surface area contributed by atoms with Crippen LogP contribution in [0.5, 0.6) is 0 Å². The Morgan fingerprint density at radius 3 is 2.13 bits per heavy atom. The van der Waals surface area contributed by atoms with Crippen molar-refractivity contribution in [3.8, 4) is 0 Å². The van der Waals surface area contributed by atoms with Gasteiger partial charge >= 0.3 is 29.6 Å². The molecule has 1 amide bonds. The average molecular weight is 325 g/mol. The predicted octanol–water partition coefficient (Wildman–Crippen LogP) is -0.562. The molecule has 1 aliphatic rings. The minimum Gasteiger partial charge on any atom is -0.550 e. The SMILES string of the molecule is Cc1cccc(C)c1NC(=O)[C@H]1CC[C@@](C)(C(=O)[O-])C1(C)C.[Na+]. The van der Waals surface area contributed by atoms with E-state index in [0.717, 1.165) is 16.8 Å². The molecule has 0 aromatic heterocycles. The van der Waals surface area contributed by atoms with Crippen LogP contribution in [-0.2, 0) is 9.59 Å². The van der Waals surface area contributed by atoms with Gasteiger partial charge in [0.05, 0.1) is 0 Å². The second-order valence-electron chi connectivity index (χ2n) is 7.19. The predicted molar refractivity (Wildman–Crippen MR) is 84.2 cm³/mol. The molecule has 23 heavy (non-hydrogen) atoms. The van der Waals surface area contributed by atoms with Crippen molar-refractivity contribution in [2.75, 3.05) is 5.32 Å². The first-order chi connectivity index (χ1) is 10.1. The molecule has 0 heterocycles. The molecule has 2 rings (SSSR count). The number of hydrogen-bond donors (Lipinski definition) is 1. The van der Waals surface area contributed by atoms with Gasteiger partial charge in [-0.05, 0) is 43.2 Å². The van der Waals surface area contributed by atoms with Crippen LogP contribution in [-0.4, -0.2) is 11.9 Å². The number of carbonyl (C=O) groups is 2. The van der Waals surface area contributed by atoms with Crippen LogP contribution in [0.3, 0.4) is 0 Å². The molecule has 0 aliphatic heterocycles. The van der Waals surface area contributed by atoms with Crippen LogP contribution in [0, 0.1) is 30.6 Å². The van der Waals surface area contributed by atoms with Gasteiger partial charge in [0.15, 0.2) is 0 Å². The first kappa shape index (κ1) is 20.2. The maximum atomic E-state index is 12.7. The molecule has 0 radical (unpaired) electrons. The van der Waals surface area contributed by atoms with Crippen LogP contribution in [0.4, 0.5) is 5.69 Å². The zero-order chi connectivity index (χ0) is 16.7. The zero-order valence-corrected chi connectivity index (χ0v) is 16.9. The number of anilines is 1. The Kier molecular flexibility index (Phi) is 6.11. The van der Waals surface area contributed by atoms with E-state index in [1.54, 1.807) is 6.92 Å². The standard InChI is InChI=1S/C18H25NO3.Na/c1-11-7-6-8-12(2)14(11)19-15(20)13-9-10-18(5,16(21)22)17(13,3)4;/h6-8,13H,9-10H2,1-5H3,(H,19,20)(H,21,22);/q;+1/p-1/t13-,18+;/m1./s1. The summed E-state index contributed by atoms with van der Waals surface area (Å²) in [5.74, 6) is -1.51. The number of carboxylic acid groups (broad SMARTS) is 1. The van der Waals surface area contributed by atoms with Gasteiger partial charge in [-0.2, -0.15) is 0 Å². The molecule has 1 aromatic carbocycles. The van der Waals surface area contributed by atoms with Crippen molar-refractivity contribution >= 4 is 17.6 Å². The van der Waals surface area contributed by atoms with Crippen molar-refractivity contribution in [1.82, 2.24) is 0 Å². The van der Waals surface area contributed by atoms with Crippen molar-refractivity contribution < 1.29 is 44.3 Å². The first-order valence-corrected chi connectivity index (χ1v) is 7.70. The van der Waals surface area contributed by atoms with Crippen molar-refractivity contribution in [3.63, 3.8) is 0 Å². The maximum absolute atomic E-state index is 12.7. The summed E-state index contributed by atoms with van der Waals surface area (Å²) in [7, 11) is 0. The van der Waals surface area contributed by atoms with E-state index in [1.807, 2.05) is 45.9 Å². The second kappa shape index (κ2) is 6.96. The van der Waals surface area contributed by atoms with Crippen LogP contribution >= 0.6 is 0 Å². The van der Waals surface area contributed by atoms with Crippen molar-refractivity contribution in [2.45, 2.75) is 47.5 Å². The Balaban J connectivity index is 0.00000264. The number of aliphatic carboxylic acids is 1. The number of benzene rings is 1. The van der Waals surface area contributed by atoms with E-state index in [1.165, 1.54) is 0 Å². The van der Waals surface area contributed by atoms with E-state index < -0.39 is 16.8 Å². The summed E-state index contributed by atoms with van der Waals surface area (Å²) < 4.78 is 0. The molecular formula is C18H24NNaO3. The summed E-state index contributed by atoms with van der Waals surface area (Å²) in [4.78, 5) is 24.3. The zero-order valence-electron chi connectivity index (χ0n) is 14.9. The van der Waals surface area contributed by atoms with E-state index >= 15 is 0 Å². The van der Waals surface area contributed by atoms with E-state index in [9.17, 15) is 14.7 Å². The molecular weight excluding hydrogens is 301 g/mol. The minimum absolute atomic E-state index is 0. The summed E-state index contributed by atoms with van der Waals surface area (Å²) in [5, 5.41) is 14.5. The summed E-state index contributed by atoms with van der Waals surface area (Å²) in [5.41, 5.74) is 1.21. The Morgan fingerprint density at radius 1 is 1.17 bits per heavy atom. The number of nitrogens with one attached hydrogen (secondary N) is 1. The van der Waals surface area contributed by atoms with E-state index in [2.05, 4.69) is 5.32 Å². The van der Waals surface area contributed by atoms with E-state index in [4.69, 9.17) is 0 Å². The van der Waals surface area contributed by atoms with Crippen molar-refractivity contribution in [2.24, 2.45) is 16.7 Å². The van der Waals surface area contributed by atoms with Gasteiger partial charge in [0.2, 0.25) is 5.91 Å². The van der Waals surface area contributed by atoms with Crippen LogP contribution in [0.15, 0.2) is 18.2 Å². The molecule has 2 atom stereocenters. The van der Waals surface area contributed by atoms with Crippen LogP contribution in [0.1, 0.15) is 44.7 Å². The van der Waals surface area contributed by atoms with Gasteiger partial charge in [-0.25, -0.2) is 0 Å². The van der Waals surface area contributed by atoms with Crippen LogP contribution in [0.2, 0.25) is 0 Å². The summed E-state index contributed by atoms with van der Waals surface area (Å²) >= 11 is 0. The van der Waals surface area contributed by atoms with Gasteiger partial charge in [-0.15, -0.1) is 0 Å². The molecule has 120 valence electrons. The summed E-state index contributed by atoms with van der Waals surface area (Å²) in [6, 6.07) is 5.86. The Bertz CT molecular complexity index is 606. The normalized spacial score (nSPS) is 25.5. The van der Waals surface area contributed by atoms with Crippen molar-refractivity contribution in [1.29, 1.82) is 0 Å². The van der Waals surface area contributed by atoms with Gasteiger partial charge in [0.25, 0.3) is 0 Å². The topological polar surface area (TPSA) is 69.2 Å². The molecule has 0 spiro atoms. The average Bonchev–Trinajstić information content (AvgIpc) is 2.66. The van der Waals surface area contributed by atoms with Crippen LogP contribution in [0.25, 0.3) is 0 Å². The largest absolute Gasteiger partial charge is 1.00 e. The van der Waals surface area contributed by atoms with Gasteiger partial charge < -0.3 is 15.2 Å². The Labute approximate surface area is 160 Å². The third-order valence-electron chi connectivity index (χ3n) is 5.72. The van der Waals surface area contributed by atoms with Gasteiger partial charge in [-0.3, -0.25) is 4.79 Å². The van der Waals surface area contributed by atoms with Gasteiger partial charge in [-0.1, -0.05) is 39.0 Å². The second-order valence-corrected chi connectivity index (χ2v) is 7.19. The number of rotatable bonds is 3. The Morgan fingerprint density at radius 2 is 1.70 bits per heavy atom. The minimum atomic E-state index is -1.07. The molecule has 0 bridgehead atoms. The summed E-state index contributed by atoms with van der Waals surface area (Å²) in [6.45, 7) is 9.30. The molecule has 4 nitrogen and oxygen atoms in total. The third kappa shape index (κ3) is 3.35. The molecule has 1 fully saturated rings. The fraction of sp³-hybridized carbons (Fsp3) is 0.556. The summed E-state index contributed by atoms with van der Waals surface area (Å²) in [6.07, 6.45) is 1.03. The van der Waals surface area contributed by atoms with E-state index in [0.29, 0.717) is 12.8 Å². The molecule has 0 unspecified atom stereocenters. The molecule has 0 saturated heterocycles. The van der Waals surface area contributed by atoms with Crippen LogP contribution < -0.4 is 40.0 Å². The smallest absolute Gasteiger partial charge is 0.550 e. The fourth-order valence-corrected chi connectivity index (χ4v) is 3.55. The Hall–Kier alpha value is -0.840. The molecule has 1 aromatic rings. The number of para-hydroxylation sites is 1. The number of amides is 1. The molecule has 5 heteroatoms. The third-order valence-corrected chi connectivity index (χ3v) is 5.72. The maximum Gasteiger partial charge on any atom is 1.00 e. The van der Waals surface area contributed by atoms with Crippen molar-refractivity contribution in [3.05, 3.63) is 29.3 Å². The number of carbonyl (C=O) groups excluding carboxylic acids is 2. The molecule has 1 saturated carbocycles. The number of aryl methyl sites for hydroxylation is 2. The fourth-order valence-electron chi connectivity index (χ4n) is 3.55. The van der Waals surface area contributed by atoms with E-state index in [-0.39, 0.29) is 41.4 Å². The molecule has 1 aliphatic carbocycles.